The predicted octanol–water partition coefficient (Wildman–Crippen LogP) is 5.74. The number of hydrogen-bond acceptors (Lipinski definition) is 6. The summed E-state index contributed by atoms with van der Waals surface area (Å²) in [5.41, 5.74) is 2.53. The molecule has 0 radical (unpaired) electrons. The first kappa shape index (κ1) is 35.0. The van der Waals surface area contributed by atoms with Gasteiger partial charge >= 0.3 is 0 Å². The Balaban J connectivity index is 1.26. The van der Waals surface area contributed by atoms with Crippen molar-refractivity contribution in [1.29, 1.82) is 0 Å². The fraction of sp³-hybridized carbons (Fsp3) is 0.462. The molecule has 9 nitrogen and oxygen atoms in total. The van der Waals surface area contributed by atoms with Crippen LogP contribution in [0.4, 0.5) is 11.4 Å². The van der Waals surface area contributed by atoms with Crippen LogP contribution in [0.3, 0.4) is 0 Å². The Morgan fingerprint density at radius 3 is 2.35 bits per heavy atom. The Bertz CT molecular complexity index is 1640. The highest BCUT2D eigenvalue weighted by atomic mass is 28.4. The van der Waals surface area contributed by atoms with Gasteiger partial charge in [-0.2, -0.15) is 0 Å². The number of aliphatic hydroxyl groups is 1. The molecule has 3 aliphatic heterocycles. The lowest BCUT2D eigenvalue weighted by molar-refractivity contribution is -0.150. The minimum Gasteiger partial charge on any atom is -0.432 e. The number of rotatable bonds is 10. The molecule has 3 aromatic rings. The summed E-state index contributed by atoms with van der Waals surface area (Å²) in [5.74, 6) is -0.622. The molecule has 6 rings (SSSR count). The van der Waals surface area contributed by atoms with Crippen LogP contribution in [-0.2, 0) is 37.8 Å². The molecule has 260 valence electrons. The monoisotopic (exact) mass is 683 g/mol. The van der Waals surface area contributed by atoms with Crippen molar-refractivity contribution in [2.75, 3.05) is 29.5 Å². The van der Waals surface area contributed by atoms with E-state index in [2.05, 4.69) is 0 Å². The summed E-state index contributed by atoms with van der Waals surface area (Å²) < 4.78 is 6.88. The molecule has 49 heavy (non-hydrogen) atoms. The van der Waals surface area contributed by atoms with E-state index in [1.807, 2.05) is 104 Å². The SMILES string of the molecule is C[C@@H]1[C@@H]([Si](C)(C)O)[C@H](CC(=O)N(CCO)Cc2ccccc2)O[C@@]12C(=O)N(Cc1ccc(N3CCCCCCC3=O)cc1)c1ccccc12. The maximum atomic E-state index is 14.8. The number of hydrogen-bond donors (Lipinski definition) is 2. The minimum atomic E-state index is -2.97. The van der Waals surface area contributed by atoms with Gasteiger partial charge < -0.3 is 29.3 Å². The topological polar surface area (TPSA) is 111 Å². The van der Waals surface area contributed by atoms with Crippen molar-refractivity contribution >= 4 is 37.4 Å². The Morgan fingerprint density at radius 2 is 1.63 bits per heavy atom. The average molecular weight is 684 g/mol. The fourth-order valence-electron chi connectivity index (χ4n) is 8.30. The highest BCUT2D eigenvalue weighted by Gasteiger charge is 2.66. The molecule has 0 bridgehead atoms. The summed E-state index contributed by atoms with van der Waals surface area (Å²) in [4.78, 5) is 58.4. The fourth-order valence-corrected chi connectivity index (χ4v) is 10.9. The van der Waals surface area contributed by atoms with E-state index >= 15 is 0 Å². The zero-order chi connectivity index (χ0) is 34.8. The number of benzene rings is 3. The predicted molar refractivity (Wildman–Crippen MR) is 192 cm³/mol. The molecule has 1 spiro atoms. The van der Waals surface area contributed by atoms with Crippen LogP contribution < -0.4 is 9.80 Å². The van der Waals surface area contributed by atoms with E-state index in [0.29, 0.717) is 26.1 Å². The van der Waals surface area contributed by atoms with Crippen LogP contribution in [0.15, 0.2) is 78.9 Å². The molecule has 4 atom stereocenters. The van der Waals surface area contributed by atoms with E-state index in [1.54, 1.807) is 9.80 Å². The van der Waals surface area contributed by atoms with E-state index in [9.17, 15) is 24.3 Å². The van der Waals surface area contributed by atoms with Crippen molar-refractivity contribution in [3.63, 3.8) is 0 Å². The van der Waals surface area contributed by atoms with E-state index in [1.165, 1.54) is 0 Å². The summed E-state index contributed by atoms with van der Waals surface area (Å²) in [7, 11) is -2.97. The van der Waals surface area contributed by atoms with Crippen LogP contribution in [0.25, 0.3) is 0 Å². The third-order valence-electron chi connectivity index (χ3n) is 10.6. The third kappa shape index (κ3) is 6.97. The summed E-state index contributed by atoms with van der Waals surface area (Å²) >= 11 is 0. The molecule has 3 heterocycles. The second kappa shape index (κ2) is 14.6. The molecular weight excluding hydrogens is 635 g/mol. The smallest absolute Gasteiger partial charge is 0.264 e. The minimum absolute atomic E-state index is 0.00723. The van der Waals surface area contributed by atoms with Gasteiger partial charge in [-0.25, -0.2) is 0 Å². The van der Waals surface area contributed by atoms with Gasteiger partial charge in [0.1, 0.15) is 0 Å². The first-order chi connectivity index (χ1) is 23.5. The van der Waals surface area contributed by atoms with Crippen LogP contribution in [0.2, 0.25) is 18.6 Å². The molecular formula is C39H49N3O6Si. The molecule has 2 saturated heterocycles. The van der Waals surface area contributed by atoms with Gasteiger partial charge in [0.05, 0.1) is 31.4 Å². The molecule has 2 fully saturated rings. The molecule has 3 aliphatic rings. The quantitative estimate of drug-likeness (QED) is 0.264. The Hall–Kier alpha value is -3.83. The standard InChI is InChI=1S/C39H49N3O6Si/c1-28-37(49(2,3)47)34(25-36(45)40(23-24-43)26-29-13-7-6-8-14-29)48-39(28)32-15-10-11-16-33(32)42(38(39)46)27-30-18-20-31(21-19-30)41-22-12-5-4-9-17-35(41)44/h6-8,10-11,13-16,18-21,28,34,37,43,47H,4-5,9,12,17,22-27H2,1-3H3/t28-,34+,37-,39+/m1/s1. The van der Waals surface area contributed by atoms with Crippen molar-refractivity contribution in [2.24, 2.45) is 5.92 Å². The van der Waals surface area contributed by atoms with Gasteiger partial charge in [-0.05, 0) is 55.3 Å². The molecule has 0 saturated carbocycles. The Labute approximate surface area is 290 Å². The summed E-state index contributed by atoms with van der Waals surface area (Å²) in [6, 6.07) is 25.2. The lowest BCUT2D eigenvalue weighted by Crippen LogP contribution is -2.46. The highest BCUT2D eigenvalue weighted by Crippen LogP contribution is 2.59. The van der Waals surface area contributed by atoms with Crippen LogP contribution in [0.1, 0.15) is 62.1 Å². The second-order valence-electron chi connectivity index (χ2n) is 14.4. The third-order valence-corrected chi connectivity index (χ3v) is 13.1. The first-order valence-electron chi connectivity index (χ1n) is 17.7. The van der Waals surface area contributed by atoms with Crippen LogP contribution in [0.5, 0.6) is 0 Å². The van der Waals surface area contributed by atoms with Crippen LogP contribution in [-0.4, -0.2) is 66.6 Å². The molecule has 3 amide bonds. The molecule has 3 aromatic carbocycles. The summed E-state index contributed by atoms with van der Waals surface area (Å²) in [6.07, 6.45) is 4.01. The first-order valence-corrected chi connectivity index (χ1v) is 20.7. The van der Waals surface area contributed by atoms with E-state index in [0.717, 1.165) is 53.7 Å². The van der Waals surface area contributed by atoms with Gasteiger partial charge in [0.2, 0.25) is 11.8 Å². The zero-order valence-electron chi connectivity index (χ0n) is 28.9. The van der Waals surface area contributed by atoms with Gasteiger partial charge in [0, 0.05) is 48.8 Å². The maximum Gasteiger partial charge on any atom is 0.264 e. The Morgan fingerprint density at radius 1 is 0.939 bits per heavy atom. The van der Waals surface area contributed by atoms with Gasteiger partial charge in [-0.3, -0.25) is 14.4 Å². The van der Waals surface area contributed by atoms with Crippen molar-refractivity contribution in [3.05, 3.63) is 95.6 Å². The van der Waals surface area contributed by atoms with Crippen molar-refractivity contribution in [2.45, 2.75) is 88.9 Å². The molecule has 0 unspecified atom stereocenters. The number of para-hydroxylation sites is 1. The number of nitrogens with zero attached hydrogens (tertiary/aromatic N) is 3. The largest absolute Gasteiger partial charge is 0.432 e. The number of anilines is 2. The average Bonchev–Trinajstić information content (AvgIpc) is 3.50. The number of carbonyl (C=O) groups is 3. The van der Waals surface area contributed by atoms with Gasteiger partial charge in [0.25, 0.3) is 5.91 Å². The second-order valence-corrected chi connectivity index (χ2v) is 18.3. The number of carbonyl (C=O) groups excluding carboxylic acids is 3. The highest BCUT2D eigenvalue weighted by molar-refractivity contribution is 6.71. The van der Waals surface area contributed by atoms with E-state index in [-0.39, 0.29) is 37.3 Å². The lowest BCUT2D eigenvalue weighted by atomic mass is 9.82. The number of amides is 3. The molecule has 2 N–H and O–H groups in total. The van der Waals surface area contributed by atoms with Crippen molar-refractivity contribution < 1.29 is 29.0 Å². The zero-order valence-corrected chi connectivity index (χ0v) is 29.9. The maximum absolute atomic E-state index is 14.8. The van der Waals surface area contributed by atoms with Crippen molar-refractivity contribution in [3.8, 4) is 0 Å². The lowest BCUT2D eigenvalue weighted by Gasteiger charge is -2.32. The number of fused-ring (bicyclic) bond motifs is 2. The van der Waals surface area contributed by atoms with E-state index in [4.69, 9.17) is 4.74 Å². The molecule has 0 aliphatic carbocycles. The van der Waals surface area contributed by atoms with Crippen LogP contribution >= 0.6 is 0 Å². The van der Waals surface area contributed by atoms with Crippen LogP contribution in [0, 0.1) is 5.92 Å². The van der Waals surface area contributed by atoms with Crippen molar-refractivity contribution in [1.82, 2.24) is 4.90 Å². The summed E-state index contributed by atoms with van der Waals surface area (Å²) in [5, 5.41) is 9.80. The molecule has 0 aromatic heterocycles. The van der Waals surface area contributed by atoms with E-state index < -0.39 is 31.5 Å². The summed E-state index contributed by atoms with van der Waals surface area (Å²) in [6.45, 7) is 7.05. The normalized spacial score (nSPS) is 24.2. The Kier molecular flexibility index (Phi) is 10.4. The number of ether oxygens (including phenoxy) is 1. The van der Waals surface area contributed by atoms with Gasteiger partial charge in [0.15, 0.2) is 13.9 Å². The molecule has 10 heteroatoms. The van der Waals surface area contributed by atoms with Gasteiger partial charge in [-0.15, -0.1) is 0 Å². The number of aliphatic hydroxyl groups excluding tert-OH is 1. The van der Waals surface area contributed by atoms with Gasteiger partial charge in [-0.1, -0.05) is 80.4 Å².